The number of imide groups is 2. The summed E-state index contributed by atoms with van der Waals surface area (Å²) in [5.41, 5.74) is 7.23. The zero-order valence-electron chi connectivity index (χ0n) is 31.9. The largest absolute Gasteiger partial charge is 0.268 e. The maximum Gasteiger partial charge on any atom is 0.266 e. The Hall–Kier alpha value is -4.92. The zero-order valence-corrected chi connectivity index (χ0v) is 35.0. The Morgan fingerprint density at radius 2 is 0.750 bits per heavy atom. The Balaban J connectivity index is 1.30. The quantitative estimate of drug-likeness (QED) is 0.0780. The molecule has 4 amide bonds. The van der Waals surface area contributed by atoms with Crippen molar-refractivity contribution in [1.82, 2.24) is 0 Å². The number of carbonyl (C=O) groups is 4. The highest BCUT2D eigenvalue weighted by Crippen LogP contribution is 2.51. The van der Waals surface area contributed by atoms with E-state index in [4.69, 9.17) is 0 Å². The Labute approximate surface area is 342 Å². The molecule has 56 heavy (non-hydrogen) atoms. The van der Waals surface area contributed by atoms with Gasteiger partial charge in [-0.15, -0.1) is 0 Å². The second-order valence-corrected chi connectivity index (χ2v) is 16.8. The average Bonchev–Trinajstić information content (AvgIpc) is 3.18. The average molecular weight is 869 g/mol. The molecule has 0 aromatic heterocycles. The van der Waals surface area contributed by atoms with Crippen LogP contribution < -0.4 is 9.80 Å². The summed E-state index contributed by atoms with van der Waals surface area (Å²) in [4.78, 5) is 61.9. The summed E-state index contributed by atoms with van der Waals surface area (Å²) in [5, 5.41) is 6.17. The minimum atomic E-state index is -0.345. The van der Waals surface area contributed by atoms with Gasteiger partial charge in [-0.25, -0.2) is 9.80 Å². The minimum absolute atomic E-state index is 0.330. The fourth-order valence-corrected chi connectivity index (χ4v) is 10.8. The van der Waals surface area contributed by atoms with Crippen molar-refractivity contribution in [1.29, 1.82) is 0 Å². The van der Waals surface area contributed by atoms with Gasteiger partial charge in [0.1, 0.15) is 0 Å². The topological polar surface area (TPSA) is 74.8 Å². The second-order valence-electron chi connectivity index (χ2n) is 15.1. The number of rotatable bonds is 10. The van der Waals surface area contributed by atoms with Gasteiger partial charge in [0.25, 0.3) is 23.6 Å². The Bertz CT molecular complexity index is 2700. The molecule has 7 aromatic carbocycles. The second kappa shape index (κ2) is 13.9. The highest BCUT2D eigenvalue weighted by Gasteiger charge is 2.40. The van der Waals surface area contributed by atoms with Crippen LogP contribution in [0.4, 0.5) is 11.4 Å². The molecule has 0 radical (unpaired) electrons. The maximum absolute atomic E-state index is 14.8. The predicted octanol–water partition coefficient (Wildman–Crippen LogP) is 12.7. The Morgan fingerprint density at radius 3 is 1.11 bits per heavy atom. The summed E-state index contributed by atoms with van der Waals surface area (Å²) in [5.74, 6) is -1.35. The molecule has 0 spiro atoms. The van der Waals surface area contributed by atoms with Gasteiger partial charge in [0, 0.05) is 47.0 Å². The zero-order chi connectivity index (χ0) is 39.2. The van der Waals surface area contributed by atoms with E-state index in [1.165, 1.54) is 9.80 Å². The number of anilines is 2. The van der Waals surface area contributed by atoms with Crippen LogP contribution in [0, 0.1) is 0 Å². The maximum atomic E-state index is 14.8. The number of amides is 4. The molecule has 0 saturated heterocycles. The standard InChI is InChI=1S/C48H40Br2N2O4/c1-5-11-25-15-9-16-26(12-6-2)43(25)51-45(53)31-21-19-29-37-30(20-22-32(38(31)37)46(51)54)41-36(50)24-34-39-33(23-35(49)40(29)42(39)41)47(55)52(48(34)56)44-27(13-7-3)17-10-18-28(44)14-8-4/h9-10,15-24H,5-8,11-14H2,1-4H3. The summed E-state index contributed by atoms with van der Waals surface area (Å²) in [7, 11) is 0. The summed E-state index contributed by atoms with van der Waals surface area (Å²) < 4.78 is 1.39. The lowest BCUT2D eigenvalue weighted by atomic mass is 9.81. The third-order valence-corrected chi connectivity index (χ3v) is 12.9. The van der Waals surface area contributed by atoms with E-state index in [0.29, 0.717) is 53.3 Å². The molecular weight excluding hydrogens is 828 g/mol. The number of hydrogen-bond donors (Lipinski definition) is 0. The molecule has 2 aliphatic rings. The molecule has 7 aromatic rings. The normalized spacial score (nSPS) is 14.2. The number of nitrogens with zero attached hydrogens (tertiary/aromatic N) is 2. The van der Waals surface area contributed by atoms with Gasteiger partial charge >= 0.3 is 0 Å². The molecule has 280 valence electrons. The van der Waals surface area contributed by atoms with Crippen LogP contribution in [0.25, 0.3) is 43.1 Å². The monoisotopic (exact) mass is 866 g/mol. The lowest BCUT2D eigenvalue weighted by Crippen LogP contribution is -2.42. The van der Waals surface area contributed by atoms with Crippen molar-refractivity contribution in [2.24, 2.45) is 0 Å². The van der Waals surface area contributed by atoms with Crippen LogP contribution in [0.3, 0.4) is 0 Å². The summed E-state index contributed by atoms with van der Waals surface area (Å²) in [6, 6.07) is 23.5. The van der Waals surface area contributed by atoms with E-state index >= 15 is 0 Å². The van der Waals surface area contributed by atoms with Crippen molar-refractivity contribution in [2.45, 2.75) is 79.1 Å². The first-order chi connectivity index (χ1) is 27.2. The molecule has 9 rings (SSSR count). The number of carbonyl (C=O) groups excluding carboxylic acids is 4. The van der Waals surface area contributed by atoms with Gasteiger partial charge in [-0.2, -0.15) is 0 Å². The molecular formula is C48H40Br2N2O4. The van der Waals surface area contributed by atoms with Crippen molar-refractivity contribution in [2.75, 3.05) is 9.80 Å². The van der Waals surface area contributed by atoms with Crippen molar-refractivity contribution >= 4 is 110 Å². The number of hydrogen-bond acceptors (Lipinski definition) is 4. The van der Waals surface area contributed by atoms with Crippen LogP contribution in [0.15, 0.2) is 81.7 Å². The third kappa shape index (κ3) is 5.10. The van der Waals surface area contributed by atoms with E-state index in [0.717, 1.165) is 106 Å². The van der Waals surface area contributed by atoms with Crippen LogP contribution in [0.1, 0.15) is 117 Å². The number of halogens is 2. The van der Waals surface area contributed by atoms with Crippen LogP contribution in [-0.2, 0) is 25.7 Å². The molecule has 0 bridgehead atoms. The fourth-order valence-electron chi connectivity index (χ4n) is 9.52. The Morgan fingerprint density at radius 1 is 0.411 bits per heavy atom. The van der Waals surface area contributed by atoms with Gasteiger partial charge in [-0.1, -0.05) is 134 Å². The first-order valence-electron chi connectivity index (χ1n) is 19.7. The van der Waals surface area contributed by atoms with Crippen LogP contribution in [-0.4, -0.2) is 23.6 Å². The van der Waals surface area contributed by atoms with Crippen molar-refractivity contribution in [3.05, 3.63) is 126 Å². The van der Waals surface area contributed by atoms with Crippen LogP contribution in [0.2, 0.25) is 0 Å². The van der Waals surface area contributed by atoms with Gasteiger partial charge < -0.3 is 0 Å². The number of benzene rings is 7. The molecule has 0 N–H and O–H groups in total. The summed E-state index contributed by atoms with van der Waals surface area (Å²) in [6.45, 7) is 8.42. The molecule has 0 aliphatic carbocycles. The van der Waals surface area contributed by atoms with E-state index in [2.05, 4.69) is 59.6 Å². The smallest absolute Gasteiger partial charge is 0.266 e. The first kappa shape index (κ1) is 36.7. The number of fused-ring (bicyclic) bond motifs is 2. The van der Waals surface area contributed by atoms with Crippen molar-refractivity contribution in [3.63, 3.8) is 0 Å². The van der Waals surface area contributed by atoms with Gasteiger partial charge in [0.2, 0.25) is 0 Å². The van der Waals surface area contributed by atoms with Crippen LogP contribution in [0.5, 0.6) is 0 Å². The van der Waals surface area contributed by atoms with Gasteiger partial charge in [0.05, 0.1) is 22.5 Å². The molecule has 0 atom stereocenters. The Kier molecular flexibility index (Phi) is 9.13. The van der Waals surface area contributed by atoms with E-state index in [9.17, 15) is 19.2 Å². The molecule has 2 heterocycles. The molecule has 2 aliphatic heterocycles. The van der Waals surface area contributed by atoms with E-state index < -0.39 is 0 Å². The lowest BCUT2D eigenvalue weighted by molar-refractivity contribution is 0.0877. The molecule has 8 heteroatoms. The highest BCUT2D eigenvalue weighted by atomic mass is 79.9. The predicted molar refractivity (Wildman–Crippen MR) is 234 cm³/mol. The van der Waals surface area contributed by atoms with E-state index in [1.54, 1.807) is 0 Å². The number of para-hydroxylation sites is 2. The molecule has 6 nitrogen and oxygen atoms in total. The van der Waals surface area contributed by atoms with Crippen molar-refractivity contribution in [3.8, 4) is 0 Å². The molecule has 0 saturated carbocycles. The summed E-state index contributed by atoms with van der Waals surface area (Å²) in [6.07, 6.45) is 6.53. The molecule has 0 unspecified atom stereocenters. The van der Waals surface area contributed by atoms with Crippen molar-refractivity contribution < 1.29 is 19.2 Å². The SMILES string of the molecule is CCCc1cccc(CCC)c1N1C(=O)c2ccc3c4c(Br)cc5c6c(cc(Br)c(c7ccc(c2c37)C1=O)c64)C(=O)N(c1c(CCC)cccc1CCC)C5=O. The molecule has 0 fully saturated rings. The van der Waals surface area contributed by atoms with Gasteiger partial charge in [-0.05, 0) is 88.4 Å². The van der Waals surface area contributed by atoms with E-state index in [-0.39, 0.29) is 23.6 Å². The third-order valence-electron chi connectivity index (χ3n) is 11.7. The summed E-state index contributed by atoms with van der Waals surface area (Å²) >= 11 is 7.78. The van der Waals surface area contributed by atoms with Gasteiger partial charge in [-0.3, -0.25) is 19.2 Å². The first-order valence-corrected chi connectivity index (χ1v) is 21.3. The minimum Gasteiger partial charge on any atom is -0.268 e. The lowest BCUT2D eigenvalue weighted by Gasteiger charge is -2.33. The van der Waals surface area contributed by atoms with Crippen LogP contribution >= 0.6 is 31.9 Å². The fraction of sp³-hybridized carbons (Fsp3) is 0.250. The van der Waals surface area contributed by atoms with E-state index in [1.807, 2.05) is 72.8 Å². The van der Waals surface area contributed by atoms with Gasteiger partial charge in [0.15, 0.2) is 0 Å². The number of aryl methyl sites for hydroxylation is 4. The highest BCUT2D eigenvalue weighted by molar-refractivity contribution is 9.11.